The van der Waals surface area contributed by atoms with Crippen LogP contribution in [-0.4, -0.2) is 42.0 Å². The molecule has 1 aliphatic rings. The lowest BCUT2D eigenvalue weighted by Gasteiger charge is -2.34. The Balaban J connectivity index is 1.46. The molecular formula is C19H22FN4S+. The lowest BCUT2D eigenvalue weighted by atomic mass is 10.2. The summed E-state index contributed by atoms with van der Waals surface area (Å²) in [5, 5.41) is 1.08. The number of thioether (sulfide) groups is 1. The summed E-state index contributed by atoms with van der Waals surface area (Å²) in [4.78, 5) is 8.62. The Morgan fingerprint density at radius 1 is 1.08 bits per heavy atom. The molecule has 0 unspecified atom stereocenters. The molecule has 4 rings (SSSR count). The van der Waals surface area contributed by atoms with E-state index < -0.39 is 0 Å². The minimum atomic E-state index is -0.176. The molecule has 1 aromatic heterocycles. The van der Waals surface area contributed by atoms with E-state index in [1.165, 1.54) is 17.6 Å². The smallest absolute Gasteiger partial charge is 0.173 e. The van der Waals surface area contributed by atoms with E-state index in [1.54, 1.807) is 16.7 Å². The largest absolute Gasteiger partial charge is 0.360 e. The molecular weight excluding hydrogens is 335 g/mol. The number of quaternary nitrogens is 1. The Bertz CT molecular complexity index is 853. The number of anilines is 1. The third-order valence-corrected chi connectivity index (χ3v) is 5.52. The fourth-order valence-electron chi connectivity index (χ4n) is 3.48. The Kier molecular flexibility index (Phi) is 4.63. The van der Waals surface area contributed by atoms with E-state index in [2.05, 4.69) is 33.9 Å². The van der Waals surface area contributed by atoms with Gasteiger partial charge in [0.1, 0.15) is 5.82 Å². The molecule has 3 aromatic rings. The van der Waals surface area contributed by atoms with Gasteiger partial charge in [-0.2, -0.15) is 0 Å². The highest BCUT2D eigenvalue weighted by molar-refractivity contribution is 7.98. The van der Waals surface area contributed by atoms with Gasteiger partial charge in [0.15, 0.2) is 11.8 Å². The third kappa shape index (κ3) is 3.37. The molecule has 0 radical (unpaired) electrons. The highest BCUT2D eigenvalue weighted by atomic mass is 32.2. The predicted octanol–water partition coefficient (Wildman–Crippen LogP) is 2.26. The number of nitrogens with zero attached hydrogens (tertiary/aromatic N) is 3. The van der Waals surface area contributed by atoms with Crippen LogP contribution in [0.5, 0.6) is 0 Å². The van der Waals surface area contributed by atoms with E-state index in [-0.39, 0.29) is 5.82 Å². The molecule has 0 aliphatic carbocycles. The van der Waals surface area contributed by atoms with Crippen molar-refractivity contribution in [3.8, 4) is 0 Å². The molecule has 0 saturated carbocycles. The second-order valence-electron chi connectivity index (χ2n) is 6.39. The molecule has 1 saturated heterocycles. The molecule has 2 aromatic carbocycles. The number of hydrogen-bond acceptors (Lipinski definition) is 3. The summed E-state index contributed by atoms with van der Waals surface area (Å²) in [5.74, 6) is -0.176. The van der Waals surface area contributed by atoms with Crippen molar-refractivity contribution in [1.29, 1.82) is 0 Å². The summed E-state index contributed by atoms with van der Waals surface area (Å²) in [6, 6.07) is 15.2. The Morgan fingerprint density at radius 2 is 1.80 bits per heavy atom. The monoisotopic (exact) mass is 357 g/mol. The van der Waals surface area contributed by atoms with Crippen molar-refractivity contribution in [3.05, 3.63) is 54.3 Å². The van der Waals surface area contributed by atoms with Crippen LogP contribution in [0.3, 0.4) is 0 Å². The van der Waals surface area contributed by atoms with Gasteiger partial charge in [0, 0.05) is 5.69 Å². The fourth-order valence-corrected chi connectivity index (χ4v) is 4.05. The zero-order valence-electron chi connectivity index (χ0n) is 14.3. The van der Waals surface area contributed by atoms with E-state index in [9.17, 15) is 4.39 Å². The van der Waals surface area contributed by atoms with E-state index in [1.807, 2.05) is 18.2 Å². The standard InChI is InChI=1S/C19H21FN4S/c1-25-19-21-17-4-2-3-5-18(17)24(19)14-22-10-12-23(13-11-22)16-8-6-15(20)7-9-16/h2-9H,10-14H2,1H3/p+1. The summed E-state index contributed by atoms with van der Waals surface area (Å²) < 4.78 is 15.4. The van der Waals surface area contributed by atoms with Crippen LogP contribution < -0.4 is 9.80 Å². The van der Waals surface area contributed by atoms with Crippen molar-refractivity contribution in [3.63, 3.8) is 0 Å². The van der Waals surface area contributed by atoms with Gasteiger partial charge in [-0.25, -0.2) is 9.37 Å². The summed E-state index contributed by atoms with van der Waals surface area (Å²) in [7, 11) is 0. The number of halogens is 1. The van der Waals surface area contributed by atoms with Crippen molar-refractivity contribution in [2.75, 3.05) is 37.3 Å². The first-order valence-electron chi connectivity index (χ1n) is 8.58. The Morgan fingerprint density at radius 3 is 2.52 bits per heavy atom. The average Bonchev–Trinajstić information content (AvgIpc) is 3.01. The minimum absolute atomic E-state index is 0.176. The van der Waals surface area contributed by atoms with Crippen LogP contribution in [0.15, 0.2) is 53.7 Å². The maximum atomic E-state index is 13.1. The van der Waals surface area contributed by atoms with E-state index in [0.717, 1.165) is 49.2 Å². The van der Waals surface area contributed by atoms with Gasteiger partial charge >= 0.3 is 0 Å². The second-order valence-corrected chi connectivity index (χ2v) is 7.16. The SMILES string of the molecule is CSc1nc2ccccc2n1C[NH+]1CCN(c2ccc(F)cc2)CC1. The van der Waals surface area contributed by atoms with Gasteiger partial charge in [-0.1, -0.05) is 23.9 Å². The van der Waals surface area contributed by atoms with Crippen LogP contribution in [-0.2, 0) is 6.67 Å². The number of fused-ring (bicyclic) bond motifs is 1. The summed E-state index contributed by atoms with van der Waals surface area (Å²) >= 11 is 1.70. The molecule has 4 nitrogen and oxygen atoms in total. The van der Waals surface area contributed by atoms with Crippen LogP contribution in [0.1, 0.15) is 0 Å². The Hall–Kier alpha value is -2.05. The minimum Gasteiger partial charge on any atom is -0.360 e. The number of aromatic nitrogens is 2. The highest BCUT2D eigenvalue weighted by Crippen LogP contribution is 2.21. The molecule has 1 aliphatic heterocycles. The number of hydrogen-bond donors (Lipinski definition) is 1. The zero-order valence-corrected chi connectivity index (χ0v) is 15.1. The summed E-state index contributed by atoms with van der Waals surface area (Å²) in [6.45, 7) is 5.05. The van der Waals surface area contributed by atoms with Gasteiger partial charge < -0.3 is 9.80 Å². The molecule has 2 heterocycles. The number of nitrogens with one attached hydrogen (secondary N) is 1. The van der Waals surface area contributed by atoms with Crippen LogP contribution in [0.4, 0.5) is 10.1 Å². The number of imidazole rings is 1. The van der Waals surface area contributed by atoms with Crippen molar-refractivity contribution in [2.24, 2.45) is 0 Å². The van der Waals surface area contributed by atoms with Gasteiger partial charge in [0.2, 0.25) is 0 Å². The molecule has 0 bridgehead atoms. The lowest BCUT2D eigenvalue weighted by Crippen LogP contribution is -3.14. The fraction of sp³-hybridized carbons (Fsp3) is 0.316. The Labute approximate surface area is 151 Å². The van der Waals surface area contributed by atoms with Crippen LogP contribution in [0, 0.1) is 5.82 Å². The highest BCUT2D eigenvalue weighted by Gasteiger charge is 2.22. The first-order valence-corrected chi connectivity index (χ1v) is 9.80. The normalized spacial score (nSPS) is 15.8. The summed E-state index contributed by atoms with van der Waals surface area (Å²) in [5.41, 5.74) is 3.38. The van der Waals surface area contributed by atoms with Gasteiger partial charge in [-0.15, -0.1) is 0 Å². The maximum Gasteiger partial charge on any atom is 0.173 e. The first kappa shape index (κ1) is 16.4. The quantitative estimate of drug-likeness (QED) is 0.726. The molecule has 0 amide bonds. The topological polar surface area (TPSA) is 25.5 Å². The van der Waals surface area contributed by atoms with Crippen LogP contribution in [0.25, 0.3) is 11.0 Å². The van der Waals surface area contributed by atoms with E-state index in [4.69, 9.17) is 4.98 Å². The first-order chi connectivity index (χ1) is 12.2. The van der Waals surface area contributed by atoms with Crippen molar-refractivity contribution in [1.82, 2.24) is 9.55 Å². The molecule has 25 heavy (non-hydrogen) atoms. The number of benzene rings is 2. The van der Waals surface area contributed by atoms with Crippen molar-refractivity contribution in [2.45, 2.75) is 11.8 Å². The second kappa shape index (κ2) is 7.06. The number of piperazine rings is 1. The zero-order chi connectivity index (χ0) is 17.2. The molecule has 0 spiro atoms. The third-order valence-electron chi connectivity index (χ3n) is 4.85. The van der Waals surface area contributed by atoms with E-state index in [0.29, 0.717) is 0 Å². The molecule has 1 fully saturated rings. The van der Waals surface area contributed by atoms with Crippen LogP contribution >= 0.6 is 11.8 Å². The molecule has 130 valence electrons. The van der Waals surface area contributed by atoms with Crippen molar-refractivity contribution >= 4 is 28.5 Å². The average molecular weight is 357 g/mol. The molecule has 6 heteroatoms. The van der Waals surface area contributed by atoms with Gasteiger partial charge in [-0.05, 0) is 42.7 Å². The molecule has 1 N–H and O–H groups in total. The predicted molar refractivity (Wildman–Crippen MR) is 101 cm³/mol. The van der Waals surface area contributed by atoms with E-state index >= 15 is 0 Å². The molecule has 0 atom stereocenters. The van der Waals surface area contributed by atoms with Crippen LogP contribution in [0.2, 0.25) is 0 Å². The van der Waals surface area contributed by atoms with Gasteiger partial charge in [0.05, 0.1) is 37.2 Å². The number of para-hydroxylation sites is 2. The van der Waals surface area contributed by atoms with Crippen molar-refractivity contribution < 1.29 is 9.29 Å². The van der Waals surface area contributed by atoms with Gasteiger partial charge in [0.25, 0.3) is 0 Å². The lowest BCUT2D eigenvalue weighted by molar-refractivity contribution is -0.923. The summed E-state index contributed by atoms with van der Waals surface area (Å²) in [6.07, 6.45) is 2.08. The van der Waals surface area contributed by atoms with Gasteiger partial charge in [-0.3, -0.25) is 4.57 Å². The maximum absolute atomic E-state index is 13.1. The number of rotatable bonds is 4.